The molecule has 0 saturated heterocycles. The second-order valence-electron chi connectivity index (χ2n) is 2.65. The Kier molecular flexibility index (Phi) is 1.94. The quantitative estimate of drug-likeness (QED) is 0.720. The summed E-state index contributed by atoms with van der Waals surface area (Å²) in [6, 6.07) is 0. The van der Waals surface area contributed by atoms with Crippen molar-refractivity contribution in [2.24, 2.45) is 0 Å². The number of aliphatic hydroxyl groups excluding tert-OH is 1. The number of alkyl halides is 1. The Morgan fingerprint density at radius 1 is 1.75 bits per heavy atom. The van der Waals surface area contributed by atoms with Gasteiger partial charge in [0.25, 0.3) is 0 Å². The fourth-order valence-electron chi connectivity index (χ4n) is 1.20. The molecule has 1 aromatic rings. The lowest BCUT2D eigenvalue weighted by atomic mass is 10.1. The third-order valence-corrected chi connectivity index (χ3v) is 2.83. The van der Waals surface area contributed by atoms with Gasteiger partial charge in [0.1, 0.15) is 11.2 Å². The van der Waals surface area contributed by atoms with E-state index in [9.17, 15) is 4.39 Å². The van der Waals surface area contributed by atoms with Gasteiger partial charge in [-0.15, -0.1) is 11.3 Å². The van der Waals surface area contributed by atoms with Crippen LogP contribution in [0.1, 0.15) is 15.6 Å². The van der Waals surface area contributed by atoms with Gasteiger partial charge in [-0.3, -0.25) is 0 Å². The predicted octanol–water partition coefficient (Wildman–Crippen LogP) is 1.54. The zero-order chi connectivity index (χ0) is 8.55. The number of nitrogens with zero attached hydrogens (tertiary/aromatic N) is 1. The molecule has 0 saturated carbocycles. The van der Waals surface area contributed by atoms with Crippen LogP contribution >= 0.6 is 11.3 Å². The van der Waals surface area contributed by atoms with Crippen molar-refractivity contribution in [2.45, 2.75) is 19.2 Å². The van der Waals surface area contributed by atoms with Crippen molar-refractivity contribution in [1.29, 1.82) is 0 Å². The van der Waals surface area contributed by atoms with Crippen molar-refractivity contribution >= 4 is 17.4 Å². The minimum atomic E-state index is -0.885. The van der Waals surface area contributed by atoms with E-state index in [1.165, 1.54) is 17.4 Å². The van der Waals surface area contributed by atoms with Crippen LogP contribution in [0.25, 0.3) is 6.08 Å². The molecule has 2 nitrogen and oxygen atoms in total. The van der Waals surface area contributed by atoms with E-state index in [0.29, 0.717) is 11.4 Å². The minimum absolute atomic E-state index is 0.0531. The molecule has 0 aliphatic heterocycles. The monoisotopic (exact) mass is 185 g/mol. The molecule has 0 bridgehead atoms. The zero-order valence-electron chi connectivity index (χ0n) is 6.33. The number of allylic oxidation sites excluding steroid dienone is 1. The molecule has 1 aliphatic rings. The lowest BCUT2D eigenvalue weighted by molar-refractivity contribution is 0.281. The van der Waals surface area contributed by atoms with E-state index >= 15 is 0 Å². The second kappa shape index (κ2) is 2.95. The van der Waals surface area contributed by atoms with E-state index in [4.69, 9.17) is 5.11 Å². The van der Waals surface area contributed by atoms with Gasteiger partial charge in [-0.05, 0) is 12.2 Å². The van der Waals surface area contributed by atoms with Crippen LogP contribution in [-0.4, -0.2) is 16.3 Å². The van der Waals surface area contributed by atoms with E-state index in [1.807, 2.05) is 0 Å². The Morgan fingerprint density at radius 2 is 2.58 bits per heavy atom. The topological polar surface area (TPSA) is 33.1 Å². The molecule has 1 heterocycles. The summed E-state index contributed by atoms with van der Waals surface area (Å²) in [6.07, 6.45) is 2.70. The normalized spacial score (nSPS) is 21.0. The molecule has 1 N–H and O–H groups in total. The summed E-state index contributed by atoms with van der Waals surface area (Å²) >= 11 is 1.39. The van der Waals surface area contributed by atoms with E-state index in [-0.39, 0.29) is 6.61 Å². The minimum Gasteiger partial charge on any atom is -0.389 e. The second-order valence-corrected chi connectivity index (χ2v) is 3.82. The molecule has 12 heavy (non-hydrogen) atoms. The van der Waals surface area contributed by atoms with E-state index in [1.54, 1.807) is 6.08 Å². The van der Waals surface area contributed by atoms with Crippen molar-refractivity contribution in [2.75, 3.05) is 0 Å². The van der Waals surface area contributed by atoms with Crippen molar-refractivity contribution in [3.8, 4) is 0 Å². The molecule has 1 aromatic heterocycles. The standard InChI is InChI=1S/C8H8FNOS/c9-5-1-2-6-7(3-5)12-8(4-11)10-6/h1-2,5,11H,3-4H2. The lowest BCUT2D eigenvalue weighted by Crippen LogP contribution is -2.04. The molecular weight excluding hydrogens is 177 g/mol. The first-order valence-electron chi connectivity index (χ1n) is 3.71. The number of aliphatic hydroxyl groups is 1. The number of rotatable bonds is 1. The molecule has 0 aromatic carbocycles. The van der Waals surface area contributed by atoms with Gasteiger partial charge >= 0.3 is 0 Å². The zero-order valence-corrected chi connectivity index (χ0v) is 7.14. The van der Waals surface area contributed by atoms with Gasteiger partial charge in [0, 0.05) is 11.3 Å². The summed E-state index contributed by atoms with van der Waals surface area (Å²) in [4.78, 5) is 5.06. The number of fused-ring (bicyclic) bond motifs is 1. The number of halogens is 1. The smallest absolute Gasteiger partial charge is 0.123 e. The molecule has 1 unspecified atom stereocenters. The van der Waals surface area contributed by atoms with Gasteiger partial charge in [-0.25, -0.2) is 9.37 Å². The molecule has 4 heteroatoms. The Labute approximate surface area is 73.4 Å². The van der Waals surface area contributed by atoms with Crippen LogP contribution in [0.4, 0.5) is 4.39 Å². The molecule has 64 valence electrons. The fraction of sp³-hybridized carbons (Fsp3) is 0.375. The molecule has 0 spiro atoms. The molecule has 2 rings (SSSR count). The number of thiazole rings is 1. The van der Waals surface area contributed by atoms with Crippen LogP contribution in [0.15, 0.2) is 6.08 Å². The third kappa shape index (κ3) is 1.28. The van der Waals surface area contributed by atoms with Gasteiger partial charge < -0.3 is 5.11 Å². The summed E-state index contributed by atoms with van der Waals surface area (Å²) in [7, 11) is 0. The number of hydrogen-bond acceptors (Lipinski definition) is 3. The van der Waals surface area contributed by atoms with E-state index in [0.717, 1.165) is 10.6 Å². The highest BCUT2D eigenvalue weighted by atomic mass is 32.1. The first kappa shape index (κ1) is 7.89. The van der Waals surface area contributed by atoms with Crippen molar-refractivity contribution in [3.05, 3.63) is 21.7 Å². The molecule has 1 atom stereocenters. The average molecular weight is 185 g/mol. The van der Waals surface area contributed by atoms with Crippen LogP contribution < -0.4 is 0 Å². The highest BCUT2D eigenvalue weighted by Crippen LogP contribution is 2.26. The van der Waals surface area contributed by atoms with Crippen molar-refractivity contribution < 1.29 is 9.50 Å². The van der Waals surface area contributed by atoms with Gasteiger partial charge in [0.05, 0.1) is 12.3 Å². The summed E-state index contributed by atoms with van der Waals surface area (Å²) < 4.78 is 12.8. The Hall–Kier alpha value is -0.740. The van der Waals surface area contributed by atoms with Gasteiger partial charge in [0.2, 0.25) is 0 Å². The first-order valence-corrected chi connectivity index (χ1v) is 4.53. The Bertz CT molecular complexity index is 321. The van der Waals surface area contributed by atoms with Crippen LogP contribution in [0.2, 0.25) is 0 Å². The maximum Gasteiger partial charge on any atom is 0.123 e. The third-order valence-electron chi connectivity index (χ3n) is 1.75. The fourth-order valence-corrected chi connectivity index (χ4v) is 2.15. The highest BCUT2D eigenvalue weighted by molar-refractivity contribution is 7.11. The van der Waals surface area contributed by atoms with Gasteiger partial charge in [-0.1, -0.05) is 0 Å². The molecule has 1 aliphatic carbocycles. The number of aromatic nitrogens is 1. The van der Waals surface area contributed by atoms with Crippen LogP contribution in [0.5, 0.6) is 0 Å². The molecule has 0 radical (unpaired) electrons. The maximum absolute atomic E-state index is 12.8. The average Bonchev–Trinajstić information content (AvgIpc) is 2.46. The predicted molar refractivity (Wildman–Crippen MR) is 45.7 cm³/mol. The summed E-state index contributed by atoms with van der Waals surface area (Å²) in [6.45, 7) is -0.0531. The first-order chi connectivity index (χ1) is 5.79. The van der Waals surface area contributed by atoms with Crippen LogP contribution in [0.3, 0.4) is 0 Å². The van der Waals surface area contributed by atoms with Crippen molar-refractivity contribution in [1.82, 2.24) is 4.98 Å². The molecule has 0 amide bonds. The lowest BCUT2D eigenvalue weighted by Gasteiger charge is -2.05. The molecular formula is C8H8FNOS. The summed E-state index contributed by atoms with van der Waals surface area (Å²) in [5, 5.41) is 9.45. The summed E-state index contributed by atoms with van der Waals surface area (Å²) in [5.41, 5.74) is 0.818. The van der Waals surface area contributed by atoms with E-state index in [2.05, 4.69) is 4.98 Å². The molecule has 0 fully saturated rings. The number of hydrogen-bond donors (Lipinski definition) is 1. The largest absolute Gasteiger partial charge is 0.389 e. The van der Waals surface area contributed by atoms with Crippen molar-refractivity contribution in [3.63, 3.8) is 0 Å². The summed E-state index contributed by atoms with van der Waals surface area (Å²) in [5.74, 6) is 0. The Balaban J connectivity index is 2.37. The van der Waals surface area contributed by atoms with Gasteiger partial charge in [0.15, 0.2) is 0 Å². The van der Waals surface area contributed by atoms with E-state index < -0.39 is 6.17 Å². The highest BCUT2D eigenvalue weighted by Gasteiger charge is 2.16. The SMILES string of the molecule is OCc1nc2c(s1)CC(F)C=C2. The Morgan fingerprint density at radius 3 is 3.33 bits per heavy atom. The van der Waals surface area contributed by atoms with Gasteiger partial charge in [-0.2, -0.15) is 0 Å². The van der Waals surface area contributed by atoms with Crippen LogP contribution in [-0.2, 0) is 13.0 Å². The van der Waals surface area contributed by atoms with Crippen LogP contribution in [0, 0.1) is 0 Å². The maximum atomic E-state index is 12.8.